The third kappa shape index (κ3) is 5.62. The smallest absolute Gasteiger partial charge is 0.337 e. The molecule has 3 heteroatoms. The first-order chi connectivity index (χ1) is 6.76. The Morgan fingerprint density at radius 2 is 2.00 bits per heavy atom. The van der Waals surface area contributed by atoms with Crippen molar-refractivity contribution in [3.05, 3.63) is 11.8 Å². The molecule has 0 bridgehead atoms. The molecule has 3 nitrogen and oxygen atoms in total. The van der Waals surface area contributed by atoms with Gasteiger partial charge in [-0.15, -0.1) is 0 Å². The van der Waals surface area contributed by atoms with E-state index in [1.165, 1.54) is 6.42 Å². The number of esters is 1. The minimum Gasteiger partial charge on any atom is -0.515 e. The van der Waals surface area contributed by atoms with Gasteiger partial charge in [-0.2, -0.15) is 0 Å². The van der Waals surface area contributed by atoms with Gasteiger partial charge in [-0.3, -0.25) is 0 Å². The summed E-state index contributed by atoms with van der Waals surface area (Å²) in [5.41, 5.74) is 0.378. The Bertz CT molecular complexity index is 185. The van der Waals surface area contributed by atoms with Gasteiger partial charge in [-0.1, -0.05) is 26.2 Å². The lowest BCUT2D eigenvalue weighted by Crippen LogP contribution is -2.07. The van der Waals surface area contributed by atoms with Crippen LogP contribution in [0.2, 0.25) is 0 Å². The summed E-state index contributed by atoms with van der Waals surface area (Å²) in [4.78, 5) is 11.2. The minimum atomic E-state index is -0.397. The molecule has 0 amide bonds. The Hall–Kier alpha value is -0.990. The Morgan fingerprint density at radius 3 is 2.50 bits per heavy atom. The zero-order valence-electron chi connectivity index (χ0n) is 9.08. The lowest BCUT2D eigenvalue weighted by atomic mass is 10.1. The normalized spacial score (nSPS) is 11.4. The number of aliphatic hydroxyl groups is 1. The van der Waals surface area contributed by atoms with Gasteiger partial charge in [-0.25, -0.2) is 4.79 Å². The molecule has 0 saturated heterocycles. The maximum absolute atomic E-state index is 11.2. The second-order valence-electron chi connectivity index (χ2n) is 3.19. The fourth-order valence-electron chi connectivity index (χ4n) is 1.19. The van der Waals surface area contributed by atoms with E-state index in [2.05, 4.69) is 6.92 Å². The van der Waals surface area contributed by atoms with Gasteiger partial charge >= 0.3 is 5.97 Å². The van der Waals surface area contributed by atoms with Crippen LogP contribution in [-0.2, 0) is 9.53 Å². The second-order valence-corrected chi connectivity index (χ2v) is 3.19. The van der Waals surface area contributed by atoms with E-state index in [0.717, 1.165) is 25.5 Å². The Kier molecular flexibility index (Phi) is 7.99. The summed E-state index contributed by atoms with van der Waals surface area (Å²) >= 11 is 0. The molecule has 0 aromatic carbocycles. The minimum absolute atomic E-state index is 0.352. The topological polar surface area (TPSA) is 46.5 Å². The fourth-order valence-corrected chi connectivity index (χ4v) is 1.19. The molecule has 0 aliphatic carbocycles. The first-order valence-electron chi connectivity index (χ1n) is 5.26. The van der Waals surface area contributed by atoms with Crippen molar-refractivity contribution in [2.45, 2.75) is 46.0 Å². The molecule has 0 spiro atoms. The second kappa shape index (κ2) is 8.60. The average molecular weight is 200 g/mol. The monoisotopic (exact) mass is 200 g/mol. The highest BCUT2D eigenvalue weighted by atomic mass is 16.5. The average Bonchev–Trinajstić information content (AvgIpc) is 2.18. The van der Waals surface area contributed by atoms with Crippen LogP contribution in [-0.4, -0.2) is 17.7 Å². The van der Waals surface area contributed by atoms with Gasteiger partial charge in [0.15, 0.2) is 0 Å². The van der Waals surface area contributed by atoms with Crippen molar-refractivity contribution in [1.82, 2.24) is 0 Å². The number of carbonyl (C=O) groups is 1. The van der Waals surface area contributed by atoms with Crippen LogP contribution in [0.15, 0.2) is 11.8 Å². The number of aliphatic hydroxyl groups excluding tert-OH is 1. The van der Waals surface area contributed by atoms with Gasteiger partial charge in [0.05, 0.1) is 18.4 Å². The molecule has 14 heavy (non-hydrogen) atoms. The van der Waals surface area contributed by atoms with Crippen LogP contribution >= 0.6 is 0 Å². The predicted octanol–water partition coefficient (Wildman–Crippen LogP) is 2.96. The summed E-state index contributed by atoms with van der Waals surface area (Å²) in [6, 6.07) is 0. The van der Waals surface area contributed by atoms with Gasteiger partial charge in [0.1, 0.15) is 0 Å². The van der Waals surface area contributed by atoms with Gasteiger partial charge in [0, 0.05) is 0 Å². The number of carbonyl (C=O) groups excluding carboxylic acids is 1. The molecular formula is C11H20O3. The van der Waals surface area contributed by atoms with Gasteiger partial charge in [0.2, 0.25) is 0 Å². The van der Waals surface area contributed by atoms with E-state index < -0.39 is 5.97 Å². The van der Waals surface area contributed by atoms with Crippen molar-refractivity contribution >= 4 is 5.97 Å². The Balaban J connectivity index is 3.75. The standard InChI is InChI=1S/C11H20O3/c1-3-5-6-7-8-10(9-12)11(13)14-4-2/h9,12H,3-8H2,1-2H3/b10-9+. The van der Waals surface area contributed by atoms with Crippen molar-refractivity contribution in [2.75, 3.05) is 6.61 Å². The quantitative estimate of drug-likeness (QED) is 0.297. The zero-order valence-corrected chi connectivity index (χ0v) is 9.08. The van der Waals surface area contributed by atoms with Crippen molar-refractivity contribution in [3.63, 3.8) is 0 Å². The third-order valence-corrected chi connectivity index (χ3v) is 1.99. The summed E-state index contributed by atoms with van der Waals surface area (Å²) in [6.07, 6.45) is 5.82. The van der Waals surface area contributed by atoms with Crippen LogP contribution in [0, 0.1) is 0 Å². The maximum atomic E-state index is 11.2. The highest BCUT2D eigenvalue weighted by Crippen LogP contribution is 2.11. The molecule has 0 atom stereocenters. The van der Waals surface area contributed by atoms with Crippen LogP contribution in [0.1, 0.15) is 46.0 Å². The first-order valence-corrected chi connectivity index (χ1v) is 5.26. The number of rotatable bonds is 7. The van der Waals surface area contributed by atoms with Gasteiger partial charge in [0.25, 0.3) is 0 Å². The fraction of sp³-hybridized carbons (Fsp3) is 0.727. The number of hydrogen-bond acceptors (Lipinski definition) is 3. The number of ether oxygens (including phenoxy) is 1. The van der Waals surface area contributed by atoms with Crippen molar-refractivity contribution < 1.29 is 14.6 Å². The van der Waals surface area contributed by atoms with E-state index in [0.29, 0.717) is 18.6 Å². The summed E-state index contributed by atoms with van der Waals surface area (Å²) < 4.78 is 4.78. The lowest BCUT2D eigenvalue weighted by Gasteiger charge is -2.04. The molecule has 0 radical (unpaired) electrons. The highest BCUT2D eigenvalue weighted by Gasteiger charge is 2.09. The largest absolute Gasteiger partial charge is 0.515 e. The molecule has 0 aromatic rings. The molecule has 82 valence electrons. The van der Waals surface area contributed by atoms with Crippen LogP contribution in [0.3, 0.4) is 0 Å². The Morgan fingerprint density at radius 1 is 1.29 bits per heavy atom. The number of unbranched alkanes of at least 4 members (excludes halogenated alkanes) is 3. The molecule has 1 N–H and O–H groups in total. The van der Waals surface area contributed by atoms with Crippen LogP contribution in [0.25, 0.3) is 0 Å². The molecule has 0 unspecified atom stereocenters. The van der Waals surface area contributed by atoms with E-state index in [-0.39, 0.29) is 0 Å². The van der Waals surface area contributed by atoms with E-state index in [1.54, 1.807) is 6.92 Å². The van der Waals surface area contributed by atoms with Crippen molar-refractivity contribution in [2.24, 2.45) is 0 Å². The summed E-state index contributed by atoms with van der Waals surface area (Å²) in [7, 11) is 0. The molecule has 0 aliphatic heterocycles. The van der Waals surface area contributed by atoms with Gasteiger partial charge in [-0.05, 0) is 19.8 Å². The zero-order chi connectivity index (χ0) is 10.8. The third-order valence-electron chi connectivity index (χ3n) is 1.99. The van der Waals surface area contributed by atoms with Crippen molar-refractivity contribution in [3.8, 4) is 0 Å². The maximum Gasteiger partial charge on any atom is 0.337 e. The molecule has 0 rings (SSSR count). The molecule has 0 fully saturated rings. The molecule has 0 aliphatic rings. The summed E-state index contributed by atoms with van der Waals surface area (Å²) in [5, 5.41) is 8.82. The molecule has 0 heterocycles. The SMILES string of the molecule is CCCCCC/C(=C\O)C(=O)OCC. The van der Waals surface area contributed by atoms with Crippen LogP contribution in [0.5, 0.6) is 0 Å². The Labute approximate surface area is 85.8 Å². The van der Waals surface area contributed by atoms with Crippen molar-refractivity contribution in [1.29, 1.82) is 0 Å². The number of hydrogen-bond donors (Lipinski definition) is 1. The first kappa shape index (κ1) is 13.0. The molecular weight excluding hydrogens is 180 g/mol. The lowest BCUT2D eigenvalue weighted by molar-refractivity contribution is -0.138. The van der Waals surface area contributed by atoms with Gasteiger partial charge < -0.3 is 9.84 Å². The van der Waals surface area contributed by atoms with Crippen LogP contribution < -0.4 is 0 Å². The molecule has 0 saturated carbocycles. The molecule has 0 aromatic heterocycles. The van der Waals surface area contributed by atoms with E-state index >= 15 is 0 Å². The summed E-state index contributed by atoms with van der Waals surface area (Å²) in [5.74, 6) is -0.397. The van der Waals surface area contributed by atoms with E-state index in [4.69, 9.17) is 9.84 Å². The van der Waals surface area contributed by atoms with E-state index in [9.17, 15) is 4.79 Å². The highest BCUT2D eigenvalue weighted by molar-refractivity contribution is 5.87. The predicted molar refractivity (Wildman–Crippen MR) is 56.1 cm³/mol. The summed E-state index contributed by atoms with van der Waals surface area (Å²) in [6.45, 7) is 4.24. The van der Waals surface area contributed by atoms with E-state index in [1.807, 2.05) is 0 Å². The van der Waals surface area contributed by atoms with Crippen LogP contribution in [0.4, 0.5) is 0 Å².